The third-order valence-corrected chi connectivity index (χ3v) is 4.09. The van der Waals surface area contributed by atoms with E-state index in [1.165, 1.54) is 0 Å². The molecule has 3 N–H and O–H groups in total. The molecule has 2 aromatic rings. The lowest BCUT2D eigenvalue weighted by atomic mass is 9.91. The number of nitrogens with zero attached hydrogens (tertiary/aromatic N) is 4. The largest absolute Gasteiger partial charge is 0.504 e. The number of hydrogen-bond acceptors (Lipinski definition) is 7. The molecule has 2 heterocycles. The van der Waals surface area contributed by atoms with Gasteiger partial charge in [-0.05, 0) is 46.7 Å². The first-order chi connectivity index (χ1) is 9.58. The van der Waals surface area contributed by atoms with Crippen LogP contribution in [-0.2, 0) is 13.5 Å². The van der Waals surface area contributed by atoms with Crippen molar-refractivity contribution >= 4 is 12.6 Å². The van der Waals surface area contributed by atoms with E-state index in [9.17, 15) is 10.2 Å². The van der Waals surface area contributed by atoms with E-state index in [1.54, 1.807) is 23.9 Å². The van der Waals surface area contributed by atoms with Crippen molar-refractivity contribution < 1.29 is 10.2 Å². The molecule has 0 saturated carbocycles. The zero-order valence-corrected chi connectivity index (χ0v) is 11.7. The molecule has 0 fully saturated rings. The van der Waals surface area contributed by atoms with Gasteiger partial charge in [0, 0.05) is 7.05 Å². The van der Waals surface area contributed by atoms with Crippen LogP contribution >= 0.6 is 12.6 Å². The van der Waals surface area contributed by atoms with E-state index < -0.39 is 0 Å². The van der Waals surface area contributed by atoms with Gasteiger partial charge < -0.3 is 15.5 Å². The monoisotopic (exact) mass is 293 g/mol. The van der Waals surface area contributed by atoms with Crippen LogP contribution in [0.25, 0.3) is 0 Å². The molecule has 1 aromatic heterocycles. The highest BCUT2D eigenvalue weighted by Crippen LogP contribution is 2.40. The molecule has 106 valence electrons. The molecule has 0 bridgehead atoms. The fraction of sp³-hybridized carbons (Fsp3) is 0.417. The number of thiol groups is 1. The lowest BCUT2D eigenvalue weighted by molar-refractivity contribution is 0.397. The fourth-order valence-corrected chi connectivity index (χ4v) is 3.02. The van der Waals surface area contributed by atoms with Gasteiger partial charge in [-0.25, -0.2) is 4.68 Å². The van der Waals surface area contributed by atoms with Crippen LogP contribution in [0.3, 0.4) is 0 Å². The summed E-state index contributed by atoms with van der Waals surface area (Å²) in [6, 6.07) is 3.06. The molecule has 0 amide bonds. The molecule has 0 saturated heterocycles. The molecule has 3 rings (SSSR count). The number of rotatable bonds is 2. The maximum atomic E-state index is 9.71. The molecule has 0 spiro atoms. The van der Waals surface area contributed by atoms with Crippen LogP contribution in [-0.4, -0.2) is 37.0 Å². The van der Waals surface area contributed by atoms with Crippen LogP contribution in [0.5, 0.6) is 11.5 Å². The average Bonchev–Trinajstić information content (AvgIpc) is 2.85. The van der Waals surface area contributed by atoms with Crippen LogP contribution < -0.4 is 5.32 Å². The predicted molar refractivity (Wildman–Crippen MR) is 74.7 cm³/mol. The second kappa shape index (κ2) is 4.95. The fourth-order valence-electron chi connectivity index (χ4n) is 2.53. The van der Waals surface area contributed by atoms with Crippen molar-refractivity contribution in [2.45, 2.75) is 17.7 Å². The Labute approximate surface area is 121 Å². The SMILES string of the molecule is Cn1nnnc1C(S)C1NCCc2cc(O)c(O)cc21. The molecule has 1 aliphatic heterocycles. The molecular weight excluding hydrogens is 278 g/mol. The minimum Gasteiger partial charge on any atom is -0.504 e. The highest BCUT2D eigenvalue weighted by molar-refractivity contribution is 7.80. The number of hydrogen-bond donors (Lipinski definition) is 4. The molecule has 2 atom stereocenters. The van der Waals surface area contributed by atoms with Gasteiger partial charge >= 0.3 is 0 Å². The van der Waals surface area contributed by atoms with Crippen molar-refractivity contribution in [2.24, 2.45) is 7.05 Å². The molecule has 0 aliphatic carbocycles. The Hall–Kier alpha value is -1.80. The van der Waals surface area contributed by atoms with E-state index >= 15 is 0 Å². The Morgan fingerprint density at radius 1 is 1.40 bits per heavy atom. The maximum absolute atomic E-state index is 9.71. The van der Waals surface area contributed by atoms with Gasteiger partial charge in [0.05, 0.1) is 11.3 Å². The molecule has 7 nitrogen and oxygen atoms in total. The van der Waals surface area contributed by atoms with Crippen LogP contribution in [0.1, 0.15) is 28.2 Å². The van der Waals surface area contributed by atoms with Gasteiger partial charge in [0.25, 0.3) is 0 Å². The minimum absolute atomic E-state index is 0.0968. The third-order valence-electron chi connectivity index (χ3n) is 3.56. The number of fused-ring (bicyclic) bond motifs is 1. The molecule has 0 radical (unpaired) electrons. The number of aromatic nitrogens is 4. The number of aryl methyl sites for hydroxylation is 1. The minimum atomic E-state index is -0.252. The van der Waals surface area contributed by atoms with Crippen molar-refractivity contribution in [2.75, 3.05) is 6.54 Å². The van der Waals surface area contributed by atoms with Crippen molar-refractivity contribution in [3.05, 3.63) is 29.1 Å². The van der Waals surface area contributed by atoms with Crippen molar-refractivity contribution in [3.63, 3.8) is 0 Å². The van der Waals surface area contributed by atoms with Crippen LogP contribution in [0, 0.1) is 0 Å². The number of tetrazole rings is 1. The lowest BCUT2D eigenvalue weighted by Crippen LogP contribution is -2.33. The van der Waals surface area contributed by atoms with Crippen molar-refractivity contribution in [1.29, 1.82) is 0 Å². The summed E-state index contributed by atoms with van der Waals surface area (Å²) >= 11 is 4.61. The van der Waals surface area contributed by atoms with Gasteiger partial charge in [0.1, 0.15) is 0 Å². The first-order valence-corrected chi connectivity index (χ1v) is 6.78. The second-order valence-electron chi connectivity index (χ2n) is 4.83. The summed E-state index contributed by atoms with van der Waals surface area (Å²) < 4.78 is 1.58. The number of phenols is 2. The molecule has 2 unspecified atom stereocenters. The normalized spacial score (nSPS) is 19.6. The van der Waals surface area contributed by atoms with E-state index in [0.29, 0.717) is 5.82 Å². The van der Waals surface area contributed by atoms with Gasteiger partial charge in [-0.3, -0.25) is 0 Å². The van der Waals surface area contributed by atoms with Crippen LogP contribution in [0.2, 0.25) is 0 Å². The molecule has 20 heavy (non-hydrogen) atoms. The number of phenolic OH excluding ortho intramolecular Hbond substituents is 2. The van der Waals surface area contributed by atoms with Crippen LogP contribution in [0.4, 0.5) is 0 Å². The summed E-state index contributed by atoms with van der Waals surface area (Å²) in [7, 11) is 1.76. The molecule has 8 heteroatoms. The van der Waals surface area contributed by atoms with Gasteiger partial charge in [-0.2, -0.15) is 12.6 Å². The summed E-state index contributed by atoms with van der Waals surface area (Å²) in [4.78, 5) is 0. The molecule has 1 aliphatic rings. The summed E-state index contributed by atoms with van der Waals surface area (Å²) in [6.45, 7) is 0.768. The Bertz CT molecular complexity index is 645. The van der Waals surface area contributed by atoms with E-state index in [1.807, 2.05) is 0 Å². The maximum Gasteiger partial charge on any atom is 0.165 e. The summed E-state index contributed by atoms with van der Waals surface area (Å²) in [5, 5.41) is 33.8. The summed E-state index contributed by atoms with van der Waals surface area (Å²) in [5.41, 5.74) is 1.91. The van der Waals surface area contributed by atoms with Gasteiger partial charge in [-0.15, -0.1) is 5.10 Å². The number of nitrogens with one attached hydrogen (secondary N) is 1. The Morgan fingerprint density at radius 3 is 2.85 bits per heavy atom. The number of aromatic hydroxyl groups is 2. The second-order valence-corrected chi connectivity index (χ2v) is 5.38. The van der Waals surface area contributed by atoms with E-state index in [4.69, 9.17) is 0 Å². The standard InChI is InChI=1S/C12H15N5O2S/c1-17-12(14-15-16-17)11(20)10-7-5-9(19)8(18)4-6(7)2-3-13-10/h4-5,10-11,13,18-20H,2-3H2,1H3. The highest BCUT2D eigenvalue weighted by atomic mass is 32.1. The van der Waals surface area contributed by atoms with E-state index in [2.05, 4.69) is 33.5 Å². The lowest BCUT2D eigenvalue weighted by Gasteiger charge is -2.30. The smallest absolute Gasteiger partial charge is 0.165 e. The molecule has 1 aromatic carbocycles. The zero-order chi connectivity index (χ0) is 14.3. The van der Waals surface area contributed by atoms with Crippen molar-refractivity contribution in [3.8, 4) is 11.5 Å². The van der Waals surface area contributed by atoms with E-state index in [0.717, 1.165) is 24.1 Å². The summed E-state index contributed by atoms with van der Waals surface area (Å²) in [6.07, 6.45) is 0.789. The third kappa shape index (κ3) is 2.10. The Morgan fingerprint density at radius 2 is 2.15 bits per heavy atom. The van der Waals surface area contributed by atoms with Crippen molar-refractivity contribution in [1.82, 2.24) is 25.5 Å². The number of benzene rings is 1. The topological polar surface area (TPSA) is 96.1 Å². The quantitative estimate of drug-likeness (QED) is 0.475. The molecular formula is C12H15N5O2S. The summed E-state index contributed by atoms with van der Waals surface area (Å²) in [5.74, 6) is 0.417. The first kappa shape index (κ1) is 13.2. The first-order valence-electron chi connectivity index (χ1n) is 6.26. The Kier molecular flexibility index (Phi) is 3.27. The van der Waals surface area contributed by atoms with Gasteiger partial charge in [-0.1, -0.05) is 0 Å². The van der Waals surface area contributed by atoms with Gasteiger partial charge in [0.15, 0.2) is 17.3 Å². The Balaban J connectivity index is 2.01. The zero-order valence-electron chi connectivity index (χ0n) is 10.9. The van der Waals surface area contributed by atoms with Crippen LogP contribution in [0.15, 0.2) is 12.1 Å². The predicted octanol–water partition coefficient (Wildman–Crippen LogP) is 0.479. The van der Waals surface area contributed by atoms with Gasteiger partial charge in [0.2, 0.25) is 0 Å². The average molecular weight is 293 g/mol. The van der Waals surface area contributed by atoms with E-state index in [-0.39, 0.29) is 22.8 Å². The highest BCUT2D eigenvalue weighted by Gasteiger charge is 2.30.